The summed E-state index contributed by atoms with van der Waals surface area (Å²) >= 11 is 1.84. The molecule has 0 amide bonds. The summed E-state index contributed by atoms with van der Waals surface area (Å²) in [7, 11) is 0. The van der Waals surface area contributed by atoms with Crippen LogP contribution in [0.5, 0.6) is 0 Å². The summed E-state index contributed by atoms with van der Waals surface area (Å²) in [5.74, 6) is 0. The molecule has 14 heavy (non-hydrogen) atoms. The maximum Gasteiger partial charge on any atom is 0.109 e. The number of halogens is 1. The summed E-state index contributed by atoms with van der Waals surface area (Å²) in [6.45, 7) is 4.73. The first-order valence-corrected chi connectivity index (χ1v) is 5.46. The van der Waals surface area contributed by atoms with Crippen molar-refractivity contribution in [1.82, 2.24) is 0 Å². The minimum absolute atomic E-state index is 0.555. The molecule has 0 aliphatic heterocycles. The van der Waals surface area contributed by atoms with Gasteiger partial charge in [0.05, 0.1) is 46.2 Å². The van der Waals surface area contributed by atoms with Gasteiger partial charge in [-0.15, -0.1) is 0 Å². The van der Waals surface area contributed by atoms with Gasteiger partial charge in [-0.3, -0.25) is 0 Å². The van der Waals surface area contributed by atoms with E-state index in [4.69, 9.17) is 23.0 Å². The van der Waals surface area contributed by atoms with E-state index in [0.717, 1.165) is 0 Å². The van der Waals surface area contributed by atoms with Crippen LogP contribution in [-0.2, 0) is 17.3 Å². The van der Waals surface area contributed by atoms with Crippen molar-refractivity contribution in [2.45, 2.75) is 0 Å². The van der Waals surface area contributed by atoms with E-state index in [2.05, 4.69) is 0 Å². The second-order valence-electron chi connectivity index (χ2n) is 2.44. The molecule has 0 aliphatic carbocycles. The van der Waals surface area contributed by atoms with Gasteiger partial charge < -0.3 is 23.0 Å². The molecule has 0 spiro atoms. The molecule has 0 aromatic rings. The summed E-state index contributed by atoms with van der Waals surface area (Å²) in [6.07, 6.45) is 0. The van der Waals surface area contributed by atoms with Crippen LogP contribution in [-0.4, -0.2) is 52.8 Å². The van der Waals surface area contributed by atoms with Crippen LogP contribution in [0.4, 0.5) is 0 Å². The van der Waals surface area contributed by atoms with Crippen molar-refractivity contribution < 1.29 is 17.3 Å². The molecule has 0 fully saturated rings. The highest BCUT2D eigenvalue weighted by atomic mass is 127. The van der Waals surface area contributed by atoms with Crippen LogP contribution < -0.4 is 5.73 Å². The van der Waals surface area contributed by atoms with E-state index in [1.165, 1.54) is 0 Å². The molecule has 0 saturated carbocycles. The molecule has 0 aromatic carbocycles. The maximum absolute atomic E-state index is 5.24. The smallest absolute Gasteiger partial charge is 0.109 e. The van der Waals surface area contributed by atoms with Gasteiger partial charge in [-0.05, 0) is 0 Å². The fraction of sp³-hybridized carbons (Fsp3) is 1.00. The Hall–Kier alpha value is 0.530. The molecule has 0 aliphatic rings. The molecule has 0 rings (SSSR count). The molecule has 6 heteroatoms. The summed E-state index contributed by atoms with van der Waals surface area (Å²) in [5, 5.41) is 0. The number of rotatable bonds is 11. The number of nitrogens with two attached hydrogens (primary N) is 1. The molecule has 0 unspecified atom stereocenters. The molecule has 0 bridgehead atoms. The Labute approximate surface area is 98.9 Å². The third-order valence-corrected chi connectivity index (χ3v) is 1.75. The first-order chi connectivity index (χ1) is 6.91. The average molecular weight is 319 g/mol. The normalized spacial score (nSPS) is 10.7. The van der Waals surface area contributed by atoms with Crippen LogP contribution in [0.3, 0.4) is 0 Å². The van der Waals surface area contributed by atoms with Crippen LogP contribution in [0.15, 0.2) is 0 Å². The monoisotopic (exact) mass is 319 g/mol. The molecular formula is C8H18INO4. The molecule has 86 valence electrons. The van der Waals surface area contributed by atoms with Gasteiger partial charge in [0.25, 0.3) is 0 Å². The van der Waals surface area contributed by atoms with E-state index in [1.807, 2.05) is 23.0 Å². The summed E-state index contributed by atoms with van der Waals surface area (Å²) in [6, 6.07) is 0. The zero-order valence-electron chi connectivity index (χ0n) is 8.25. The largest absolute Gasteiger partial charge is 0.378 e. The van der Waals surface area contributed by atoms with E-state index in [0.29, 0.717) is 52.8 Å². The van der Waals surface area contributed by atoms with Crippen LogP contribution in [0.2, 0.25) is 0 Å². The van der Waals surface area contributed by atoms with Gasteiger partial charge in [0.15, 0.2) is 0 Å². The fourth-order valence-electron chi connectivity index (χ4n) is 0.716. The molecule has 0 radical (unpaired) electrons. The van der Waals surface area contributed by atoms with E-state index in [9.17, 15) is 0 Å². The van der Waals surface area contributed by atoms with Crippen molar-refractivity contribution in [2.75, 3.05) is 52.8 Å². The zero-order chi connectivity index (χ0) is 10.5. The molecule has 2 N–H and O–H groups in total. The Bertz CT molecular complexity index is 95.3. The minimum Gasteiger partial charge on any atom is -0.378 e. The van der Waals surface area contributed by atoms with Gasteiger partial charge >= 0.3 is 0 Å². The average Bonchev–Trinajstić information content (AvgIpc) is 2.21. The molecule has 5 nitrogen and oxygen atoms in total. The van der Waals surface area contributed by atoms with Crippen molar-refractivity contribution >= 4 is 23.0 Å². The van der Waals surface area contributed by atoms with Gasteiger partial charge in [-0.2, -0.15) is 0 Å². The maximum atomic E-state index is 5.24. The van der Waals surface area contributed by atoms with Gasteiger partial charge in [0.2, 0.25) is 0 Å². The summed E-state index contributed by atoms with van der Waals surface area (Å²) in [4.78, 5) is 0. The number of hydrogen-bond acceptors (Lipinski definition) is 5. The summed E-state index contributed by atoms with van der Waals surface area (Å²) < 4.78 is 20.3. The first-order valence-electron chi connectivity index (χ1n) is 4.58. The van der Waals surface area contributed by atoms with E-state index < -0.39 is 0 Å². The Kier molecular flexibility index (Phi) is 14.0. The second kappa shape index (κ2) is 13.5. The highest BCUT2D eigenvalue weighted by molar-refractivity contribution is 14.1. The van der Waals surface area contributed by atoms with Crippen molar-refractivity contribution in [1.29, 1.82) is 0 Å². The van der Waals surface area contributed by atoms with Crippen molar-refractivity contribution in [3.8, 4) is 0 Å². The van der Waals surface area contributed by atoms with Gasteiger partial charge in [-0.1, -0.05) is 0 Å². The molecular weight excluding hydrogens is 301 g/mol. The molecule has 0 aromatic heterocycles. The third-order valence-electron chi connectivity index (χ3n) is 1.31. The van der Waals surface area contributed by atoms with Crippen LogP contribution in [0, 0.1) is 0 Å². The SMILES string of the molecule is NCCOCCOCCOCCOI. The van der Waals surface area contributed by atoms with E-state index >= 15 is 0 Å². The van der Waals surface area contributed by atoms with Gasteiger partial charge in [0.1, 0.15) is 23.0 Å². The zero-order valence-corrected chi connectivity index (χ0v) is 10.4. The lowest BCUT2D eigenvalue weighted by molar-refractivity contribution is 0.0126. The van der Waals surface area contributed by atoms with Crippen molar-refractivity contribution in [3.05, 3.63) is 0 Å². The van der Waals surface area contributed by atoms with Crippen LogP contribution in [0.1, 0.15) is 0 Å². The highest BCUT2D eigenvalue weighted by Crippen LogP contribution is 1.85. The van der Waals surface area contributed by atoms with E-state index in [-0.39, 0.29) is 0 Å². The molecule has 0 saturated heterocycles. The highest BCUT2D eigenvalue weighted by Gasteiger charge is 1.90. The van der Waals surface area contributed by atoms with Crippen LogP contribution in [0.25, 0.3) is 0 Å². The standard InChI is InChI=1S/C8H18INO4/c9-14-8-7-13-6-5-12-4-3-11-2-1-10/h1-8,10H2. The van der Waals surface area contributed by atoms with Gasteiger partial charge in [-0.25, -0.2) is 0 Å². The molecule has 0 atom stereocenters. The fourth-order valence-corrected chi connectivity index (χ4v) is 0.895. The second-order valence-corrected chi connectivity index (χ2v) is 3.06. The summed E-state index contributed by atoms with van der Waals surface area (Å²) in [5.41, 5.74) is 5.24. The Balaban J connectivity index is 2.78. The third kappa shape index (κ3) is 12.5. The first kappa shape index (κ1) is 14.5. The Morgan fingerprint density at radius 1 is 0.714 bits per heavy atom. The lowest BCUT2D eigenvalue weighted by Gasteiger charge is -2.05. The Morgan fingerprint density at radius 3 is 1.57 bits per heavy atom. The lowest BCUT2D eigenvalue weighted by Crippen LogP contribution is -2.14. The van der Waals surface area contributed by atoms with Crippen molar-refractivity contribution in [3.63, 3.8) is 0 Å². The molecule has 0 heterocycles. The van der Waals surface area contributed by atoms with Gasteiger partial charge in [0, 0.05) is 6.54 Å². The number of hydrogen-bond donors (Lipinski definition) is 1. The number of ether oxygens (including phenoxy) is 3. The lowest BCUT2D eigenvalue weighted by atomic mass is 10.7. The quantitative estimate of drug-likeness (QED) is 0.440. The van der Waals surface area contributed by atoms with E-state index in [1.54, 1.807) is 0 Å². The predicted molar refractivity (Wildman–Crippen MR) is 61.5 cm³/mol. The van der Waals surface area contributed by atoms with Crippen LogP contribution >= 0.6 is 23.0 Å². The Morgan fingerprint density at radius 2 is 1.14 bits per heavy atom. The van der Waals surface area contributed by atoms with Crippen molar-refractivity contribution in [2.24, 2.45) is 5.73 Å². The minimum atomic E-state index is 0.555. The predicted octanol–water partition coefficient (Wildman–Crippen LogP) is 0.361. The topological polar surface area (TPSA) is 62.9 Å².